The van der Waals surface area contributed by atoms with Crippen molar-refractivity contribution in [3.05, 3.63) is 0 Å². The molecule has 0 aliphatic carbocycles. The van der Waals surface area contributed by atoms with Gasteiger partial charge in [-0.1, -0.05) is 0 Å². The summed E-state index contributed by atoms with van der Waals surface area (Å²) in [7, 11) is 0. The number of carbonyl (C=O) groups excluding carboxylic acids is 1. The molecule has 3 N–H and O–H groups in total. The molecule has 2 aliphatic rings. The number of rotatable bonds is 5. The Morgan fingerprint density at radius 3 is 2.64 bits per heavy atom. The molecular formula is C14H24F3N3O2. The topological polar surface area (TPSA) is 62.4 Å². The van der Waals surface area contributed by atoms with Crippen molar-refractivity contribution < 1.29 is 22.7 Å². The van der Waals surface area contributed by atoms with Gasteiger partial charge >= 0.3 is 6.18 Å². The fourth-order valence-electron chi connectivity index (χ4n) is 2.97. The lowest BCUT2D eigenvalue weighted by molar-refractivity contribution is -0.187. The van der Waals surface area contributed by atoms with Crippen LogP contribution in [0.3, 0.4) is 0 Å². The van der Waals surface area contributed by atoms with Gasteiger partial charge < -0.3 is 20.7 Å². The molecular weight excluding hydrogens is 299 g/mol. The van der Waals surface area contributed by atoms with Gasteiger partial charge in [-0.25, -0.2) is 0 Å². The van der Waals surface area contributed by atoms with Crippen LogP contribution >= 0.6 is 0 Å². The summed E-state index contributed by atoms with van der Waals surface area (Å²) in [5, 5.41) is 9.30. The van der Waals surface area contributed by atoms with Gasteiger partial charge in [0.15, 0.2) is 0 Å². The summed E-state index contributed by atoms with van der Waals surface area (Å²) in [6.07, 6.45) is -1.60. The first-order valence-corrected chi connectivity index (χ1v) is 7.80. The molecule has 2 saturated heterocycles. The second-order valence-electron chi connectivity index (χ2n) is 6.09. The van der Waals surface area contributed by atoms with Crippen molar-refractivity contribution in [3.63, 3.8) is 0 Å². The monoisotopic (exact) mass is 323 g/mol. The average molecular weight is 323 g/mol. The lowest BCUT2D eigenvalue weighted by Gasteiger charge is -2.34. The van der Waals surface area contributed by atoms with E-state index < -0.39 is 18.9 Å². The highest BCUT2D eigenvalue weighted by molar-refractivity contribution is 5.82. The number of amides is 1. The van der Waals surface area contributed by atoms with Crippen LogP contribution in [0.1, 0.15) is 32.6 Å². The second kappa shape index (κ2) is 7.61. The number of ether oxygens (including phenoxy) is 1. The first-order valence-electron chi connectivity index (χ1n) is 7.80. The summed E-state index contributed by atoms with van der Waals surface area (Å²) >= 11 is 0. The largest absolute Gasteiger partial charge is 0.411 e. The van der Waals surface area contributed by atoms with Crippen LogP contribution in [0.4, 0.5) is 13.2 Å². The van der Waals surface area contributed by atoms with Crippen molar-refractivity contribution in [2.75, 3.05) is 19.7 Å². The zero-order valence-electron chi connectivity index (χ0n) is 12.7. The molecule has 2 aliphatic heterocycles. The minimum Gasteiger partial charge on any atom is -0.367 e. The van der Waals surface area contributed by atoms with E-state index in [9.17, 15) is 18.0 Å². The van der Waals surface area contributed by atoms with Gasteiger partial charge in [-0.2, -0.15) is 13.2 Å². The normalized spacial score (nSPS) is 31.0. The van der Waals surface area contributed by atoms with Crippen LogP contribution in [0.5, 0.6) is 0 Å². The Morgan fingerprint density at radius 1 is 1.32 bits per heavy atom. The van der Waals surface area contributed by atoms with Crippen molar-refractivity contribution in [2.45, 2.75) is 63.0 Å². The Bertz CT molecular complexity index is 365. The molecule has 0 bridgehead atoms. The Morgan fingerprint density at radius 2 is 2.09 bits per heavy atom. The molecule has 2 heterocycles. The molecule has 0 spiro atoms. The quantitative estimate of drug-likeness (QED) is 0.705. The van der Waals surface area contributed by atoms with Crippen LogP contribution in [0.2, 0.25) is 0 Å². The molecule has 128 valence electrons. The van der Waals surface area contributed by atoms with Crippen LogP contribution in [0.15, 0.2) is 0 Å². The van der Waals surface area contributed by atoms with Crippen molar-refractivity contribution >= 4 is 5.91 Å². The molecule has 22 heavy (non-hydrogen) atoms. The minimum atomic E-state index is -4.29. The molecule has 1 amide bonds. The third-order valence-corrected chi connectivity index (χ3v) is 4.24. The van der Waals surface area contributed by atoms with Crippen molar-refractivity contribution in [2.24, 2.45) is 0 Å². The standard InChI is InChI=1S/C14H24F3N3O2/c1-9(20-13(21)12-3-2-6-18-12)11-5-4-10(7-19-11)22-8-14(15,16)17/h9-12,18-19H,2-8H2,1H3,(H,20,21). The number of hydrogen-bond donors (Lipinski definition) is 3. The first kappa shape index (κ1) is 17.5. The summed E-state index contributed by atoms with van der Waals surface area (Å²) in [4.78, 5) is 12.0. The van der Waals surface area contributed by atoms with Crippen LogP contribution < -0.4 is 16.0 Å². The van der Waals surface area contributed by atoms with E-state index in [2.05, 4.69) is 16.0 Å². The van der Waals surface area contributed by atoms with Gasteiger partial charge in [0.05, 0.1) is 12.1 Å². The highest BCUT2D eigenvalue weighted by atomic mass is 19.4. The molecule has 0 radical (unpaired) electrons. The lowest BCUT2D eigenvalue weighted by atomic mass is 9.97. The molecule has 0 saturated carbocycles. The maximum Gasteiger partial charge on any atom is 0.411 e. The van der Waals surface area contributed by atoms with Gasteiger partial charge in [0.25, 0.3) is 0 Å². The molecule has 0 aromatic carbocycles. The molecule has 4 atom stereocenters. The van der Waals surface area contributed by atoms with Crippen LogP contribution in [-0.4, -0.2) is 56.0 Å². The number of piperidine rings is 1. The molecule has 5 nitrogen and oxygen atoms in total. The third-order valence-electron chi connectivity index (χ3n) is 4.24. The van der Waals surface area contributed by atoms with Gasteiger partial charge in [-0.3, -0.25) is 4.79 Å². The van der Waals surface area contributed by atoms with Crippen LogP contribution in [0, 0.1) is 0 Å². The third kappa shape index (κ3) is 5.40. The molecule has 0 aromatic heterocycles. The number of nitrogens with one attached hydrogen (secondary N) is 3. The van der Waals surface area contributed by atoms with Crippen LogP contribution in [-0.2, 0) is 9.53 Å². The zero-order valence-corrected chi connectivity index (χ0v) is 12.7. The second-order valence-corrected chi connectivity index (χ2v) is 6.09. The van der Waals surface area contributed by atoms with E-state index in [4.69, 9.17) is 4.74 Å². The summed E-state index contributed by atoms with van der Waals surface area (Å²) in [5.41, 5.74) is 0. The van der Waals surface area contributed by atoms with E-state index in [1.54, 1.807) is 0 Å². The smallest absolute Gasteiger partial charge is 0.367 e. The Kier molecular flexibility index (Phi) is 6.05. The number of hydrogen-bond acceptors (Lipinski definition) is 4. The molecule has 0 aromatic rings. The zero-order chi connectivity index (χ0) is 16.2. The summed E-state index contributed by atoms with van der Waals surface area (Å²) in [6.45, 7) is 1.96. The minimum absolute atomic E-state index is 0.00208. The average Bonchev–Trinajstić information content (AvgIpc) is 2.99. The summed E-state index contributed by atoms with van der Waals surface area (Å²) in [6, 6.07) is -0.108. The number of alkyl halides is 3. The fraction of sp³-hybridized carbons (Fsp3) is 0.929. The van der Waals surface area contributed by atoms with Gasteiger partial charge in [0.2, 0.25) is 5.91 Å². The maximum absolute atomic E-state index is 12.1. The Hall–Kier alpha value is -0.860. The van der Waals surface area contributed by atoms with Crippen molar-refractivity contribution in [1.29, 1.82) is 0 Å². The molecule has 2 rings (SSSR count). The van der Waals surface area contributed by atoms with Crippen LogP contribution in [0.25, 0.3) is 0 Å². The lowest BCUT2D eigenvalue weighted by Crippen LogP contribution is -2.55. The van der Waals surface area contributed by atoms with Crippen molar-refractivity contribution in [3.8, 4) is 0 Å². The predicted octanol–water partition coefficient (Wildman–Crippen LogP) is 0.943. The predicted molar refractivity (Wildman–Crippen MR) is 75.4 cm³/mol. The number of carbonyl (C=O) groups is 1. The SMILES string of the molecule is CC(NC(=O)C1CCCN1)C1CCC(OCC(F)(F)F)CN1. The van der Waals surface area contributed by atoms with Gasteiger partial charge in [-0.15, -0.1) is 0 Å². The van der Waals surface area contributed by atoms with E-state index in [1.807, 2.05) is 6.92 Å². The van der Waals surface area contributed by atoms with Gasteiger partial charge in [0, 0.05) is 18.6 Å². The summed E-state index contributed by atoms with van der Waals surface area (Å²) in [5.74, 6) is 0.00208. The fourth-order valence-corrected chi connectivity index (χ4v) is 2.97. The molecule has 4 unspecified atom stereocenters. The number of halogens is 3. The van der Waals surface area contributed by atoms with E-state index in [0.29, 0.717) is 19.4 Å². The van der Waals surface area contributed by atoms with E-state index >= 15 is 0 Å². The van der Waals surface area contributed by atoms with Crippen molar-refractivity contribution in [1.82, 2.24) is 16.0 Å². The maximum atomic E-state index is 12.1. The van der Waals surface area contributed by atoms with E-state index in [0.717, 1.165) is 19.4 Å². The van der Waals surface area contributed by atoms with Gasteiger partial charge in [-0.05, 0) is 39.2 Å². The highest BCUT2D eigenvalue weighted by Crippen LogP contribution is 2.19. The molecule has 2 fully saturated rings. The molecule has 8 heteroatoms. The highest BCUT2D eigenvalue weighted by Gasteiger charge is 2.32. The Labute approximate surface area is 128 Å². The first-order chi connectivity index (χ1) is 10.3. The summed E-state index contributed by atoms with van der Waals surface area (Å²) < 4.78 is 41.2. The van der Waals surface area contributed by atoms with E-state index in [-0.39, 0.29) is 24.0 Å². The van der Waals surface area contributed by atoms with Gasteiger partial charge in [0.1, 0.15) is 6.61 Å². The van der Waals surface area contributed by atoms with E-state index in [1.165, 1.54) is 0 Å². The Balaban J connectivity index is 1.68.